The van der Waals surface area contributed by atoms with Crippen LogP contribution >= 0.6 is 0 Å². The van der Waals surface area contributed by atoms with Gasteiger partial charge < -0.3 is 24.2 Å². The maximum atomic E-state index is 5.45. The molecule has 188 valence electrons. The zero-order valence-corrected chi connectivity index (χ0v) is 22.2. The molecule has 5 heteroatoms. The van der Waals surface area contributed by atoms with Gasteiger partial charge >= 0.3 is 0 Å². The standard InChI is InChI=1S/C9H17NO.C8H17NO.C8H13N.C2H6/c1-10-5-2-9(3-6-10)4-7-11-8-9;1-9-5-3-4-8(6-9)7-10-2;1-3-8-4-6-9(2)7-5-8;1-2/h2-8H2,1H3;8H,3-7H2,1-2H3;1,8H,4-7H2,2H3;1-2H3. The van der Waals surface area contributed by atoms with Crippen LogP contribution in [0, 0.1) is 29.6 Å². The highest BCUT2D eigenvalue weighted by Gasteiger charge is 2.36. The smallest absolute Gasteiger partial charge is 0.0524 e. The van der Waals surface area contributed by atoms with E-state index in [1.807, 2.05) is 13.8 Å². The fraction of sp³-hybridized carbons (Fsp3) is 0.926. The molecule has 0 aromatic heterocycles. The number of terminal acetylenes is 1. The van der Waals surface area contributed by atoms with Crippen LogP contribution in [0.5, 0.6) is 0 Å². The van der Waals surface area contributed by atoms with Crippen molar-refractivity contribution in [1.82, 2.24) is 14.7 Å². The van der Waals surface area contributed by atoms with Crippen LogP contribution < -0.4 is 0 Å². The first-order valence-electron chi connectivity index (χ1n) is 13.0. The molecule has 0 N–H and O–H groups in total. The summed E-state index contributed by atoms with van der Waals surface area (Å²) < 4.78 is 10.6. The lowest BCUT2D eigenvalue weighted by atomic mass is 9.78. The van der Waals surface area contributed by atoms with E-state index in [2.05, 4.69) is 41.8 Å². The van der Waals surface area contributed by atoms with E-state index in [4.69, 9.17) is 15.9 Å². The van der Waals surface area contributed by atoms with Gasteiger partial charge in [-0.2, -0.15) is 0 Å². The van der Waals surface area contributed by atoms with Crippen molar-refractivity contribution in [1.29, 1.82) is 0 Å². The minimum absolute atomic E-state index is 0.557. The zero-order valence-electron chi connectivity index (χ0n) is 22.2. The number of piperidine rings is 3. The molecule has 4 fully saturated rings. The predicted octanol–water partition coefficient (Wildman–Crippen LogP) is 4.08. The molecule has 4 saturated heterocycles. The molecule has 4 heterocycles. The first kappa shape index (κ1) is 29.4. The molecule has 0 saturated carbocycles. The van der Waals surface area contributed by atoms with Gasteiger partial charge in [0.2, 0.25) is 0 Å². The van der Waals surface area contributed by atoms with Crippen LogP contribution in [0.2, 0.25) is 0 Å². The van der Waals surface area contributed by atoms with Gasteiger partial charge in [-0.15, -0.1) is 12.3 Å². The number of methoxy groups -OCH3 is 1. The molecule has 1 atom stereocenters. The maximum Gasteiger partial charge on any atom is 0.0524 e. The monoisotopic (exact) mass is 451 g/mol. The minimum Gasteiger partial charge on any atom is -0.384 e. The van der Waals surface area contributed by atoms with Crippen molar-refractivity contribution < 1.29 is 9.47 Å². The average molecular weight is 452 g/mol. The molecule has 1 unspecified atom stereocenters. The normalized spacial score (nSPS) is 26.6. The Kier molecular flexibility index (Phi) is 15.5. The van der Waals surface area contributed by atoms with Crippen molar-refractivity contribution in [2.45, 2.75) is 58.8 Å². The van der Waals surface area contributed by atoms with Crippen molar-refractivity contribution in [2.24, 2.45) is 17.3 Å². The summed E-state index contributed by atoms with van der Waals surface area (Å²) in [5.41, 5.74) is 0.590. The number of rotatable bonds is 2. The van der Waals surface area contributed by atoms with Crippen molar-refractivity contribution in [3.8, 4) is 12.3 Å². The third-order valence-corrected chi connectivity index (χ3v) is 7.31. The molecule has 4 aliphatic heterocycles. The molecule has 32 heavy (non-hydrogen) atoms. The summed E-state index contributed by atoms with van der Waals surface area (Å²) in [7, 11) is 8.33. The van der Waals surface area contributed by atoms with Crippen LogP contribution in [0.3, 0.4) is 0 Å². The van der Waals surface area contributed by atoms with Crippen molar-refractivity contribution in [3.63, 3.8) is 0 Å². The molecular formula is C27H53N3O2. The Labute approximate surface area is 200 Å². The van der Waals surface area contributed by atoms with Gasteiger partial charge in [0.25, 0.3) is 0 Å². The molecule has 4 rings (SSSR count). The van der Waals surface area contributed by atoms with Crippen LogP contribution in [0.1, 0.15) is 58.8 Å². The highest BCUT2D eigenvalue weighted by atomic mass is 16.5. The molecule has 0 amide bonds. The second kappa shape index (κ2) is 16.9. The molecule has 0 radical (unpaired) electrons. The molecule has 0 aromatic carbocycles. The molecule has 5 nitrogen and oxygen atoms in total. The highest BCUT2D eigenvalue weighted by Crippen LogP contribution is 2.38. The van der Waals surface area contributed by atoms with E-state index in [0.717, 1.165) is 25.7 Å². The number of nitrogens with zero attached hydrogens (tertiary/aromatic N) is 3. The highest BCUT2D eigenvalue weighted by molar-refractivity contribution is 4.95. The van der Waals surface area contributed by atoms with Gasteiger partial charge in [-0.1, -0.05) is 13.8 Å². The molecule has 0 aliphatic carbocycles. The Morgan fingerprint density at radius 3 is 2.03 bits per heavy atom. The number of ether oxygens (including phenoxy) is 2. The van der Waals surface area contributed by atoms with E-state index in [1.165, 1.54) is 84.2 Å². The van der Waals surface area contributed by atoms with Crippen LogP contribution in [0.15, 0.2) is 0 Å². The summed E-state index contributed by atoms with van der Waals surface area (Å²) in [5, 5.41) is 0. The van der Waals surface area contributed by atoms with E-state index in [9.17, 15) is 0 Å². The lowest BCUT2D eigenvalue weighted by molar-refractivity contribution is 0.0921. The van der Waals surface area contributed by atoms with Gasteiger partial charge in [0.1, 0.15) is 0 Å². The number of hydrogen-bond acceptors (Lipinski definition) is 5. The Morgan fingerprint density at radius 1 is 0.906 bits per heavy atom. The fourth-order valence-electron chi connectivity index (χ4n) is 4.96. The summed E-state index contributed by atoms with van der Waals surface area (Å²) in [6, 6.07) is 0. The van der Waals surface area contributed by atoms with E-state index in [-0.39, 0.29) is 0 Å². The Bertz CT molecular complexity index is 482. The molecule has 0 bridgehead atoms. The lowest BCUT2D eigenvalue weighted by Crippen LogP contribution is -2.38. The lowest BCUT2D eigenvalue weighted by Gasteiger charge is -2.36. The van der Waals surface area contributed by atoms with Gasteiger partial charge in [-0.05, 0) is 110 Å². The van der Waals surface area contributed by atoms with Crippen molar-refractivity contribution in [2.75, 3.05) is 87.3 Å². The second-order valence-corrected chi connectivity index (χ2v) is 10.1. The van der Waals surface area contributed by atoms with Crippen LogP contribution in [-0.4, -0.2) is 102 Å². The molecule has 0 aromatic rings. The van der Waals surface area contributed by atoms with Crippen LogP contribution in [0.25, 0.3) is 0 Å². The van der Waals surface area contributed by atoms with Crippen molar-refractivity contribution >= 4 is 0 Å². The predicted molar refractivity (Wildman–Crippen MR) is 137 cm³/mol. The quantitative estimate of drug-likeness (QED) is 0.590. The zero-order chi connectivity index (χ0) is 23.8. The summed E-state index contributed by atoms with van der Waals surface area (Å²) in [6.07, 6.45) is 14.3. The average Bonchev–Trinajstić information content (AvgIpc) is 3.27. The third kappa shape index (κ3) is 11.5. The summed E-state index contributed by atoms with van der Waals surface area (Å²) in [6.45, 7) is 14.3. The molecule has 4 aliphatic rings. The topological polar surface area (TPSA) is 28.2 Å². The number of likely N-dealkylation sites (tertiary alicyclic amines) is 3. The fourth-order valence-corrected chi connectivity index (χ4v) is 4.96. The van der Waals surface area contributed by atoms with Crippen molar-refractivity contribution in [3.05, 3.63) is 0 Å². The van der Waals surface area contributed by atoms with Crippen LogP contribution in [0.4, 0.5) is 0 Å². The maximum absolute atomic E-state index is 5.45. The van der Waals surface area contributed by atoms with E-state index in [1.54, 1.807) is 7.11 Å². The van der Waals surface area contributed by atoms with Gasteiger partial charge in [0, 0.05) is 26.2 Å². The first-order valence-corrected chi connectivity index (χ1v) is 13.0. The van der Waals surface area contributed by atoms with Crippen LogP contribution in [-0.2, 0) is 9.47 Å². The van der Waals surface area contributed by atoms with Gasteiger partial charge in [-0.25, -0.2) is 0 Å². The molecule has 1 spiro atoms. The third-order valence-electron chi connectivity index (χ3n) is 7.31. The van der Waals surface area contributed by atoms with Gasteiger partial charge in [0.15, 0.2) is 0 Å². The second-order valence-electron chi connectivity index (χ2n) is 10.1. The Hall–Kier alpha value is -0.640. The van der Waals surface area contributed by atoms with Gasteiger partial charge in [-0.3, -0.25) is 0 Å². The summed E-state index contributed by atoms with van der Waals surface area (Å²) in [5.74, 6) is 4.14. The molecular weight excluding hydrogens is 398 g/mol. The first-order chi connectivity index (χ1) is 15.5. The summed E-state index contributed by atoms with van der Waals surface area (Å²) in [4.78, 5) is 7.13. The largest absolute Gasteiger partial charge is 0.384 e. The Morgan fingerprint density at radius 2 is 1.53 bits per heavy atom. The van der Waals surface area contributed by atoms with E-state index in [0.29, 0.717) is 11.3 Å². The summed E-state index contributed by atoms with van der Waals surface area (Å²) >= 11 is 0. The Balaban J connectivity index is 0.000000232. The minimum atomic E-state index is 0.557. The SMILES string of the molecule is C#CC1CCN(C)CC1.CC.CN1CCC2(CCOC2)CC1.COCC1CCCN(C)C1. The van der Waals surface area contributed by atoms with E-state index >= 15 is 0 Å². The van der Waals surface area contributed by atoms with E-state index < -0.39 is 0 Å². The van der Waals surface area contributed by atoms with Gasteiger partial charge in [0.05, 0.1) is 13.2 Å². The number of hydrogen-bond donors (Lipinski definition) is 0.